The number of hydrogen-bond acceptors (Lipinski definition) is 3. The Morgan fingerprint density at radius 1 is 1.33 bits per heavy atom. The SMILES string of the molecule is CCN(CC)Cc1c(N)c(C#N)c2ccccn12. The molecule has 0 radical (unpaired) electrons. The maximum atomic E-state index is 9.22. The first-order chi connectivity index (χ1) is 8.72. The summed E-state index contributed by atoms with van der Waals surface area (Å²) in [7, 11) is 0. The lowest BCUT2D eigenvalue weighted by molar-refractivity contribution is 0.292. The molecule has 94 valence electrons. The number of rotatable bonds is 4. The molecule has 2 heterocycles. The quantitative estimate of drug-likeness (QED) is 0.894. The second-order valence-corrected chi connectivity index (χ2v) is 4.26. The van der Waals surface area contributed by atoms with Gasteiger partial charge in [-0.3, -0.25) is 4.90 Å². The lowest BCUT2D eigenvalue weighted by Crippen LogP contribution is -2.23. The summed E-state index contributed by atoms with van der Waals surface area (Å²) in [6.45, 7) is 6.96. The highest BCUT2D eigenvalue weighted by molar-refractivity contribution is 5.76. The van der Waals surface area contributed by atoms with Gasteiger partial charge in [0, 0.05) is 12.7 Å². The highest BCUT2D eigenvalue weighted by Gasteiger charge is 2.16. The molecule has 2 N–H and O–H groups in total. The van der Waals surface area contributed by atoms with Gasteiger partial charge in [-0.15, -0.1) is 0 Å². The number of nitrogens with two attached hydrogens (primary N) is 1. The summed E-state index contributed by atoms with van der Waals surface area (Å²) in [5.41, 5.74) is 9.20. The number of aromatic nitrogens is 1. The molecular weight excluding hydrogens is 224 g/mol. The lowest BCUT2D eigenvalue weighted by atomic mass is 10.2. The molecule has 2 aromatic rings. The monoisotopic (exact) mass is 242 g/mol. The number of nitrogens with zero attached hydrogens (tertiary/aromatic N) is 3. The van der Waals surface area contributed by atoms with Crippen LogP contribution >= 0.6 is 0 Å². The molecule has 0 aromatic carbocycles. The predicted molar refractivity (Wildman–Crippen MR) is 73.1 cm³/mol. The van der Waals surface area contributed by atoms with E-state index in [1.807, 2.05) is 28.8 Å². The van der Waals surface area contributed by atoms with E-state index in [4.69, 9.17) is 5.73 Å². The predicted octanol–water partition coefficient (Wildman–Crippen LogP) is 2.23. The van der Waals surface area contributed by atoms with Gasteiger partial charge in [-0.25, -0.2) is 0 Å². The molecule has 0 amide bonds. The smallest absolute Gasteiger partial charge is 0.104 e. The molecule has 2 rings (SSSR count). The second-order valence-electron chi connectivity index (χ2n) is 4.26. The molecule has 2 aromatic heterocycles. The van der Waals surface area contributed by atoms with Gasteiger partial charge in [-0.05, 0) is 25.2 Å². The van der Waals surface area contributed by atoms with E-state index in [1.165, 1.54) is 0 Å². The van der Waals surface area contributed by atoms with Crippen LogP contribution in [0.15, 0.2) is 24.4 Å². The fourth-order valence-electron chi connectivity index (χ4n) is 2.23. The number of hydrogen-bond donors (Lipinski definition) is 1. The Labute approximate surface area is 107 Å². The van der Waals surface area contributed by atoms with Crippen LogP contribution in [-0.2, 0) is 6.54 Å². The molecule has 0 unspecified atom stereocenters. The highest BCUT2D eigenvalue weighted by Crippen LogP contribution is 2.26. The maximum absolute atomic E-state index is 9.22. The number of nitrogen functional groups attached to an aromatic ring is 1. The molecular formula is C14H18N4. The van der Waals surface area contributed by atoms with Crippen molar-refractivity contribution in [3.63, 3.8) is 0 Å². The topological polar surface area (TPSA) is 57.5 Å². The van der Waals surface area contributed by atoms with Crippen LogP contribution in [0, 0.1) is 11.3 Å². The third kappa shape index (κ3) is 1.93. The maximum Gasteiger partial charge on any atom is 0.104 e. The summed E-state index contributed by atoms with van der Waals surface area (Å²) in [4.78, 5) is 2.28. The minimum atomic E-state index is 0.581. The van der Waals surface area contributed by atoms with Crippen molar-refractivity contribution < 1.29 is 0 Å². The zero-order valence-electron chi connectivity index (χ0n) is 10.8. The molecule has 4 nitrogen and oxygen atoms in total. The van der Waals surface area contributed by atoms with Crippen molar-refractivity contribution >= 4 is 11.2 Å². The van der Waals surface area contributed by atoms with Gasteiger partial charge in [0.15, 0.2) is 0 Å². The van der Waals surface area contributed by atoms with Crippen LogP contribution in [0.3, 0.4) is 0 Å². The summed E-state index contributed by atoms with van der Waals surface area (Å²) in [6.07, 6.45) is 1.96. The van der Waals surface area contributed by atoms with Gasteiger partial charge in [0.25, 0.3) is 0 Å². The van der Waals surface area contributed by atoms with Crippen molar-refractivity contribution in [2.45, 2.75) is 20.4 Å². The van der Waals surface area contributed by atoms with E-state index in [0.29, 0.717) is 11.3 Å². The van der Waals surface area contributed by atoms with Crippen LogP contribution in [-0.4, -0.2) is 22.4 Å². The van der Waals surface area contributed by atoms with Gasteiger partial charge in [0.1, 0.15) is 11.6 Å². The van der Waals surface area contributed by atoms with Crippen molar-refractivity contribution in [2.75, 3.05) is 18.8 Å². The molecule has 0 aliphatic heterocycles. The first kappa shape index (κ1) is 12.5. The van der Waals surface area contributed by atoms with Crippen molar-refractivity contribution in [1.82, 2.24) is 9.30 Å². The van der Waals surface area contributed by atoms with Gasteiger partial charge in [-0.1, -0.05) is 19.9 Å². The largest absolute Gasteiger partial charge is 0.396 e. The number of fused-ring (bicyclic) bond motifs is 1. The third-order valence-electron chi connectivity index (χ3n) is 3.37. The van der Waals surface area contributed by atoms with Crippen molar-refractivity contribution in [3.8, 4) is 6.07 Å². The molecule has 18 heavy (non-hydrogen) atoms. The van der Waals surface area contributed by atoms with Gasteiger partial charge in [0.2, 0.25) is 0 Å². The second kappa shape index (κ2) is 5.11. The lowest BCUT2D eigenvalue weighted by Gasteiger charge is -2.18. The average Bonchev–Trinajstić information content (AvgIpc) is 2.68. The third-order valence-corrected chi connectivity index (χ3v) is 3.37. The standard InChI is InChI=1S/C14H18N4/c1-3-17(4-2)10-13-14(16)11(9-15)12-7-5-6-8-18(12)13/h5-8H,3-4,10,16H2,1-2H3. The minimum Gasteiger partial charge on any atom is -0.396 e. The van der Waals surface area contributed by atoms with E-state index in [1.54, 1.807) is 0 Å². The number of anilines is 1. The fourth-order valence-corrected chi connectivity index (χ4v) is 2.23. The van der Waals surface area contributed by atoms with Gasteiger partial charge in [-0.2, -0.15) is 5.26 Å². The molecule has 4 heteroatoms. The van der Waals surface area contributed by atoms with Gasteiger partial charge < -0.3 is 10.1 Å². The van der Waals surface area contributed by atoms with E-state index in [2.05, 4.69) is 24.8 Å². The van der Waals surface area contributed by atoms with E-state index in [0.717, 1.165) is 30.8 Å². The van der Waals surface area contributed by atoms with Crippen LogP contribution < -0.4 is 5.73 Å². The summed E-state index contributed by atoms with van der Waals surface area (Å²) in [5, 5.41) is 9.22. The van der Waals surface area contributed by atoms with Crippen LogP contribution in [0.25, 0.3) is 5.52 Å². The minimum absolute atomic E-state index is 0.581. The Hall–Kier alpha value is -1.99. The van der Waals surface area contributed by atoms with Crippen molar-refractivity contribution in [1.29, 1.82) is 5.26 Å². The molecule has 0 bridgehead atoms. The summed E-state index contributed by atoms with van der Waals surface area (Å²) < 4.78 is 2.02. The van der Waals surface area contributed by atoms with Crippen molar-refractivity contribution in [2.24, 2.45) is 0 Å². The van der Waals surface area contributed by atoms with E-state index in [-0.39, 0.29) is 0 Å². The normalized spacial score (nSPS) is 11.0. The Morgan fingerprint density at radius 2 is 2.06 bits per heavy atom. The molecule has 0 atom stereocenters. The van der Waals surface area contributed by atoms with Gasteiger partial charge in [0.05, 0.1) is 16.9 Å². The fraction of sp³-hybridized carbons (Fsp3) is 0.357. The Balaban J connectivity index is 2.57. The van der Waals surface area contributed by atoms with Crippen LogP contribution in [0.1, 0.15) is 25.1 Å². The Bertz CT molecular complexity index is 588. The van der Waals surface area contributed by atoms with E-state index in [9.17, 15) is 5.26 Å². The van der Waals surface area contributed by atoms with Crippen LogP contribution in [0.4, 0.5) is 5.69 Å². The molecule has 0 aliphatic carbocycles. The van der Waals surface area contributed by atoms with Gasteiger partial charge >= 0.3 is 0 Å². The van der Waals surface area contributed by atoms with E-state index < -0.39 is 0 Å². The molecule has 0 saturated heterocycles. The average molecular weight is 242 g/mol. The van der Waals surface area contributed by atoms with Crippen LogP contribution in [0.5, 0.6) is 0 Å². The number of nitriles is 1. The molecule has 0 aliphatic rings. The summed E-state index contributed by atoms with van der Waals surface area (Å²) in [5.74, 6) is 0. The van der Waals surface area contributed by atoms with Crippen LogP contribution in [0.2, 0.25) is 0 Å². The Morgan fingerprint density at radius 3 is 2.67 bits per heavy atom. The summed E-state index contributed by atoms with van der Waals surface area (Å²) in [6, 6.07) is 8.02. The molecule has 0 saturated carbocycles. The molecule has 0 fully saturated rings. The zero-order valence-corrected chi connectivity index (χ0v) is 10.8. The zero-order chi connectivity index (χ0) is 13.1. The van der Waals surface area contributed by atoms with E-state index >= 15 is 0 Å². The number of pyridine rings is 1. The van der Waals surface area contributed by atoms with Crippen molar-refractivity contribution in [3.05, 3.63) is 35.7 Å². The first-order valence-corrected chi connectivity index (χ1v) is 6.22. The molecule has 0 spiro atoms. The first-order valence-electron chi connectivity index (χ1n) is 6.22. The highest BCUT2D eigenvalue weighted by atomic mass is 15.1. The summed E-state index contributed by atoms with van der Waals surface area (Å²) >= 11 is 0. The Kier molecular flexibility index (Phi) is 3.54.